The van der Waals surface area contributed by atoms with Gasteiger partial charge in [0.25, 0.3) is 5.91 Å². The van der Waals surface area contributed by atoms with E-state index in [-0.39, 0.29) is 17.1 Å². The van der Waals surface area contributed by atoms with E-state index in [1.165, 1.54) is 31.4 Å². The number of amides is 1. The first-order chi connectivity index (χ1) is 18.0. The Bertz CT molecular complexity index is 1420. The van der Waals surface area contributed by atoms with E-state index in [4.69, 9.17) is 5.10 Å². The van der Waals surface area contributed by atoms with E-state index in [2.05, 4.69) is 10.4 Å². The molecule has 0 spiro atoms. The van der Waals surface area contributed by atoms with Gasteiger partial charge in [-0.2, -0.15) is 10.2 Å². The molecule has 4 saturated carbocycles. The minimum atomic E-state index is -0.272. The molecule has 0 aliphatic heterocycles. The molecule has 0 atom stereocenters. The number of benzene rings is 2. The van der Waals surface area contributed by atoms with Gasteiger partial charge in [0.15, 0.2) is 5.82 Å². The highest BCUT2D eigenvalue weighted by molar-refractivity contribution is 6.04. The summed E-state index contributed by atoms with van der Waals surface area (Å²) in [5, 5.41) is 12.6. The topological polar surface area (TPSA) is 64.7 Å². The van der Waals surface area contributed by atoms with Crippen molar-refractivity contribution in [3.63, 3.8) is 0 Å². The van der Waals surface area contributed by atoms with Crippen LogP contribution in [-0.2, 0) is 12.0 Å². The maximum Gasteiger partial charge on any atom is 0.260 e. The van der Waals surface area contributed by atoms with Crippen molar-refractivity contribution in [2.45, 2.75) is 50.5 Å². The number of para-hydroxylation sites is 1. The number of nitrogens with one attached hydrogen (secondary N) is 1. The molecule has 2 heterocycles. The van der Waals surface area contributed by atoms with Crippen LogP contribution in [0, 0.1) is 23.6 Å². The molecule has 37 heavy (non-hydrogen) atoms. The number of rotatable bonds is 6. The van der Waals surface area contributed by atoms with Crippen LogP contribution in [0.3, 0.4) is 0 Å². The van der Waals surface area contributed by atoms with Crippen LogP contribution >= 0.6 is 0 Å². The number of carbonyl (C=O) groups is 1. The van der Waals surface area contributed by atoms with Crippen LogP contribution in [0.1, 0.15) is 60.1 Å². The number of hydrogen-bond acceptors (Lipinski definition) is 3. The molecular weight excluding hydrogens is 465 g/mol. The van der Waals surface area contributed by atoms with Gasteiger partial charge < -0.3 is 5.32 Å². The van der Waals surface area contributed by atoms with Crippen LogP contribution in [0.25, 0.3) is 5.69 Å². The molecule has 4 fully saturated rings. The lowest BCUT2D eigenvalue weighted by molar-refractivity contribution is -0.00765. The summed E-state index contributed by atoms with van der Waals surface area (Å²) in [6.45, 7) is 0.429. The van der Waals surface area contributed by atoms with Crippen molar-refractivity contribution in [1.82, 2.24) is 19.6 Å². The van der Waals surface area contributed by atoms with Gasteiger partial charge in [-0.3, -0.25) is 9.48 Å². The summed E-state index contributed by atoms with van der Waals surface area (Å²) in [6, 6.07) is 18.3. The molecule has 7 heteroatoms. The highest BCUT2D eigenvalue weighted by atomic mass is 19.1. The zero-order valence-electron chi connectivity index (χ0n) is 20.7. The van der Waals surface area contributed by atoms with E-state index in [0.717, 1.165) is 54.0 Å². The lowest BCUT2D eigenvalue weighted by atomic mass is 9.48. The minimum Gasteiger partial charge on any atom is -0.305 e. The molecule has 0 radical (unpaired) electrons. The van der Waals surface area contributed by atoms with Gasteiger partial charge in [0, 0.05) is 23.9 Å². The zero-order chi connectivity index (χ0) is 25.0. The van der Waals surface area contributed by atoms with E-state index >= 15 is 0 Å². The summed E-state index contributed by atoms with van der Waals surface area (Å²) in [5.74, 6) is 2.28. The minimum absolute atomic E-state index is 0.0157. The second-order valence-corrected chi connectivity index (χ2v) is 11.4. The van der Waals surface area contributed by atoms with Crippen molar-refractivity contribution in [3.05, 3.63) is 95.7 Å². The molecule has 1 N–H and O–H groups in total. The first-order valence-electron chi connectivity index (χ1n) is 13.3. The Kier molecular flexibility index (Phi) is 5.27. The van der Waals surface area contributed by atoms with Gasteiger partial charge in [0.1, 0.15) is 5.82 Å². The van der Waals surface area contributed by atoms with Crippen LogP contribution in [0.5, 0.6) is 0 Å². The number of aromatic nitrogens is 4. The van der Waals surface area contributed by atoms with E-state index in [9.17, 15) is 9.18 Å². The van der Waals surface area contributed by atoms with Gasteiger partial charge in [-0.15, -0.1) is 0 Å². The third-order valence-electron chi connectivity index (χ3n) is 8.64. The van der Waals surface area contributed by atoms with Crippen LogP contribution in [-0.4, -0.2) is 25.5 Å². The summed E-state index contributed by atoms with van der Waals surface area (Å²) in [5.41, 5.74) is 3.34. The fourth-order valence-electron chi connectivity index (χ4n) is 7.57. The number of hydrogen-bond donors (Lipinski definition) is 1. The number of nitrogens with zero attached hydrogens (tertiary/aromatic N) is 4. The normalized spacial score (nSPS) is 25.9. The fourth-order valence-corrected chi connectivity index (χ4v) is 7.57. The van der Waals surface area contributed by atoms with Gasteiger partial charge in [-0.05, 0) is 86.1 Å². The SMILES string of the molecule is O=C(Nc1ccn(Cc2cccc(F)c2)n1)c1cn(-c2ccccc2)nc1C12CC3CC(CC(C3)C1)C2. The average molecular weight is 496 g/mol. The van der Waals surface area contributed by atoms with Crippen LogP contribution in [0.4, 0.5) is 10.2 Å². The second-order valence-electron chi connectivity index (χ2n) is 11.4. The predicted octanol–water partition coefficient (Wildman–Crippen LogP) is 5.98. The third-order valence-corrected chi connectivity index (χ3v) is 8.64. The van der Waals surface area contributed by atoms with Crippen LogP contribution in [0.15, 0.2) is 73.1 Å². The molecular formula is C30H30FN5O. The quantitative estimate of drug-likeness (QED) is 0.358. The highest BCUT2D eigenvalue weighted by Gasteiger charge is 2.54. The first-order valence-corrected chi connectivity index (χ1v) is 13.3. The van der Waals surface area contributed by atoms with E-state index in [1.54, 1.807) is 23.0 Å². The fraction of sp³-hybridized carbons (Fsp3) is 0.367. The molecule has 2 aromatic heterocycles. The first kappa shape index (κ1) is 22.5. The molecule has 6 nitrogen and oxygen atoms in total. The van der Waals surface area contributed by atoms with Crippen LogP contribution < -0.4 is 5.32 Å². The van der Waals surface area contributed by atoms with Crippen molar-refractivity contribution in [1.29, 1.82) is 0 Å². The monoisotopic (exact) mass is 495 g/mol. The lowest BCUT2D eigenvalue weighted by Gasteiger charge is -2.56. The van der Waals surface area contributed by atoms with E-state index in [0.29, 0.717) is 17.9 Å². The molecule has 2 aromatic carbocycles. The Hall–Kier alpha value is -3.74. The lowest BCUT2D eigenvalue weighted by Crippen LogP contribution is -2.49. The average Bonchev–Trinajstić information content (AvgIpc) is 3.52. The van der Waals surface area contributed by atoms with Crippen molar-refractivity contribution in [3.8, 4) is 5.69 Å². The summed E-state index contributed by atoms with van der Waals surface area (Å²) in [7, 11) is 0. The van der Waals surface area contributed by atoms with Crippen LogP contribution in [0.2, 0.25) is 0 Å². The summed E-state index contributed by atoms with van der Waals surface area (Å²) in [4.78, 5) is 13.7. The Morgan fingerprint density at radius 2 is 1.68 bits per heavy atom. The molecule has 4 aromatic rings. The summed E-state index contributed by atoms with van der Waals surface area (Å²) in [6.07, 6.45) is 11.1. The summed E-state index contributed by atoms with van der Waals surface area (Å²) < 4.78 is 17.1. The molecule has 4 bridgehead atoms. The van der Waals surface area contributed by atoms with Gasteiger partial charge in [0.2, 0.25) is 0 Å². The molecule has 0 saturated heterocycles. The van der Waals surface area contributed by atoms with Gasteiger partial charge in [-0.1, -0.05) is 30.3 Å². The Labute approximate surface area is 215 Å². The zero-order valence-corrected chi connectivity index (χ0v) is 20.7. The molecule has 1 amide bonds. The van der Waals surface area contributed by atoms with Crippen molar-refractivity contribution in [2.24, 2.45) is 17.8 Å². The third kappa shape index (κ3) is 4.16. The Morgan fingerprint density at radius 1 is 0.946 bits per heavy atom. The molecule has 188 valence electrons. The van der Waals surface area contributed by atoms with Gasteiger partial charge >= 0.3 is 0 Å². The molecule has 4 aliphatic carbocycles. The van der Waals surface area contributed by atoms with Gasteiger partial charge in [-0.25, -0.2) is 9.07 Å². The van der Waals surface area contributed by atoms with Crippen molar-refractivity contribution in [2.75, 3.05) is 5.32 Å². The Balaban J connectivity index is 1.19. The second kappa shape index (κ2) is 8.68. The van der Waals surface area contributed by atoms with Crippen molar-refractivity contribution >= 4 is 11.7 Å². The maximum absolute atomic E-state index is 13.7. The Morgan fingerprint density at radius 3 is 2.38 bits per heavy atom. The van der Waals surface area contributed by atoms with Gasteiger partial charge in [0.05, 0.1) is 23.5 Å². The number of anilines is 1. The molecule has 0 unspecified atom stereocenters. The maximum atomic E-state index is 13.7. The predicted molar refractivity (Wildman–Crippen MR) is 139 cm³/mol. The largest absolute Gasteiger partial charge is 0.305 e. The number of halogens is 1. The smallest absolute Gasteiger partial charge is 0.260 e. The highest BCUT2D eigenvalue weighted by Crippen LogP contribution is 2.60. The molecule has 4 aliphatic rings. The summed E-state index contributed by atoms with van der Waals surface area (Å²) >= 11 is 0. The van der Waals surface area contributed by atoms with E-state index < -0.39 is 0 Å². The molecule has 8 rings (SSSR count). The van der Waals surface area contributed by atoms with E-state index in [1.807, 2.05) is 47.3 Å². The standard InChI is InChI=1S/C30H30FN5O/c31-24-6-4-5-20(14-24)18-35-10-9-27(33-35)32-29(37)26-19-36(25-7-2-1-3-8-25)34-28(26)30-15-21-11-22(16-30)13-23(12-21)17-30/h1-10,14,19,21-23H,11-13,15-18H2,(H,32,33,37). The van der Waals surface area contributed by atoms with Crippen molar-refractivity contribution < 1.29 is 9.18 Å². The number of carbonyl (C=O) groups excluding carboxylic acids is 1.